The molecule has 0 amide bonds. The van der Waals surface area contributed by atoms with Crippen molar-refractivity contribution >= 4 is 0 Å². The Hall–Kier alpha value is -0.540. The van der Waals surface area contributed by atoms with Crippen molar-refractivity contribution in [1.82, 2.24) is 0 Å². The zero-order valence-corrected chi connectivity index (χ0v) is 8.45. The van der Waals surface area contributed by atoms with E-state index in [9.17, 15) is 0 Å². The summed E-state index contributed by atoms with van der Waals surface area (Å²) < 4.78 is 10.9. The van der Waals surface area contributed by atoms with Gasteiger partial charge in [-0.1, -0.05) is 6.92 Å². The molecule has 1 aliphatic rings. The fourth-order valence-corrected chi connectivity index (χ4v) is 1.54. The molecule has 0 aromatic rings. The normalized spacial score (nSPS) is 20.7. The zero-order valence-electron chi connectivity index (χ0n) is 8.45. The molecule has 0 saturated carbocycles. The Balaban J connectivity index is 2.47. The highest BCUT2D eigenvalue weighted by Crippen LogP contribution is 2.17. The van der Waals surface area contributed by atoms with E-state index in [2.05, 4.69) is 13.0 Å². The van der Waals surface area contributed by atoms with Crippen molar-refractivity contribution in [3.63, 3.8) is 0 Å². The predicted octanol–water partition coefficient (Wildman–Crippen LogP) is 1.43. The first kappa shape index (κ1) is 10.5. The molecule has 0 fully saturated rings. The van der Waals surface area contributed by atoms with Crippen LogP contribution in [0.25, 0.3) is 0 Å². The molecule has 1 heterocycles. The Morgan fingerprint density at radius 2 is 2.38 bits per heavy atom. The highest BCUT2D eigenvalue weighted by Gasteiger charge is 2.23. The van der Waals surface area contributed by atoms with E-state index in [1.807, 2.05) is 6.92 Å². The van der Waals surface area contributed by atoms with Gasteiger partial charge in [-0.05, 0) is 19.4 Å². The smallest absolute Gasteiger partial charge is 0.111 e. The molecule has 1 aliphatic heterocycles. The lowest BCUT2D eigenvalue weighted by atomic mass is 10.1. The van der Waals surface area contributed by atoms with E-state index in [0.29, 0.717) is 6.61 Å². The summed E-state index contributed by atoms with van der Waals surface area (Å²) in [7, 11) is 0. The highest BCUT2D eigenvalue weighted by molar-refractivity contribution is 5.08. The molecule has 0 aliphatic carbocycles. The van der Waals surface area contributed by atoms with Gasteiger partial charge in [0.15, 0.2) is 0 Å². The summed E-state index contributed by atoms with van der Waals surface area (Å²) in [6, 6.07) is -0.0903. The van der Waals surface area contributed by atoms with Crippen LogP contribution in [0.15, 0.2) is 11.8 Å². The lowest BCUT2D eigenvalue weighted by Crippen LogP contribution is -2.38. The molecule has 76 valence electrons. The molecule has 0 radical (unpaired) electrons. The molecule has 3 heteroatoms. The van der Waals surface area contributed by atoms with Crippen LogP contribution in [0.5, 0.6) is 0 Å². The van der Waals surface area contributed by atoms with Gasteiger partial charge in [0.05, 0.1) is 18.8 Å². The number of ether oxygens (including phenoxy) is 2. The average Bonchev–Trinajstić information content (AvgIpc) is 2.65. The first-order valence-electron chi connectivity index (χ1n) is 4.99. The van der Waals surface area contributed by atoms with Gasteiger partial charge in [0.2, 0.25) is 0 Å². The number of hydrogen-bond donors (Lipinski definition) is 1. The maximum absolute atomic E-state index is 6.00. The molecule has 3 nitrogen and oxygen atoms in total. The van der Waals surface area contributed by atoms with Crippen LogP contribution in [0.1, 0.15) is 26.7 Å². The Kier molecular flexibility index (Phi) is 4.25. The van der Waals surface area contributed by atoms with Crippen LogP contribution in [0.3, 0.4) is 0 Å². The summed E-state index contributed by atoms with van der Waals surface area (Å²) in [4.78, 5) is 0. The molecule has 2 unspecified atom stereocenters. The lowest BCUT2D eigenvalue weighted by Gasteiger charge is -2.22. The van der Waals surface area contributed by atoms with Crippen LogP contribution >= 0.6 is 0 Å². The molecular weight excluding hydrogens is 166 g/mol. The quantitative estimate of drug-likeness (QED) is 0.704. The van der Waals surface area contributed by atoms with Crippen LogP contribution in [-0.4, -0.2) is 25.4 Å². The van der Waals surface area contributed by atoms with Gasteiger partial charge in [0, 0.05) is 13.0 Å². The molecule has 1 rings (SSSR count). The largest absolute Gasteiger partial charge is 0.496 e. The van der Waals surface area contributed by atoms with Crippen molar-refractivity contribution < 1.29 is 9.47 Å². The summed E-state index contributed by atoms with van der Waals surface area (Å²) in [5.41, 5.74) is 6.00. The minimum atomic E-state index is -0.0903. The van der Waals surface area contributed by atoms with Crippen molar-refractivity contribution in [2.45, 2.75) is 38.8 Å². The maximum Gasteiger partial charge on any atom is 0.111 e. The maximum atomic E-state index is 6.00. The monoisotopic (exact) mass is 185 g/mol. The Morgan fingerprint density at radius 1 is 1.62 bits per heavy atom. The summed E-state index contributed by atoms with van der Waals surface area (Å²) >= 11 is 0. The molecule has 13 heavy (non-hydrogen) atoms. The standard InChI is InChI=1S/C10H19NO2/c1-3-8(12-4-2)10(11)9-6-5-7-13-9/h6,8,10H,3-5,7,11H2,1-2H3. The second-order valence-corrected chi connectivity index (χ2v) is 3.17. The van der Waals surface area contributed by atoms with E-state index in [1.165, 1.54) is 0 Å². The third kappa shape index (κ3) is 2.71. The molecule has 0 aromatic heterocycles. The van der Waals surface area contributed by atoms with Gasteiger partial charge in [-0.2, -0.15) is 0 Å². The highest BCUT2D eigenvalue weighted by atomic mass is 16.5. The molecule has 0 bridgehead atoms. The van der Waals surface area contributed by atoms with E-state index in [4.69, 9.17) is 15.2 Å². The number of nitrogens with two attached hydrogens (primary N) is 1. The van der Waals surface area contributed by atoms with Crippen LogP contribution in [0.4, 0.5) is 0 Å². The van der Waals surface area contributed by atoms with E-state index in [-0.39, 0.29) is 12.1 Å². The van der Waals surface area contributed by atoms with E-state index < -0.39 is 0 Å². The molecule has 2 N–H and O–H groups in total. The summed E-state index contributed by atoms with van der Waals surface area (Å²) in [5, 5.41) is 0. The minimum absolute atomic E-state index is 0.0903. The van der Waals surface area contributed by atoms with E-state index in [0.717, 1.165) is 25.2 Å². The second kappa shape index (κ2) is 5.25. The topological polar surface area (TPSA) is 44.5 Å². The fourth-order valence-electron chi connectivity index (χ4n) is 1.54. The first-order valence-corrected chi connectivity index (χ1v) is 4.99. The van der Waals surface area contributed by atoms with Crippen LogP contribution in [-0.2, 0) is 9.47 Å². The lowest BCUT2D eigenvalue weighted by molar-refractivity contribution is 0.0361. The third-order valence-electron chi connectivity index (χ3n) is 2.24. The second-order valence-electron chi connectivity index (χ2n) is 3.17. The molecule has 0 saturated heterocycles. The number of rotatable bonds is 5. The molecule has 0 spiro atoms. The fraction of sp³-hybridized carbons (Fsp3) is 0.800. The predicted molar refractivity (Wildman–Crippen MR) is 52.3 cm³/mol. The van der Waals surface area contributed by atoms with Gasteiger partial charge in [-0.25, -0.2) is 0 Å². The van der Waals surface area contributed by atoms with Gasteiger partial charge in [-0.3, -0.25) is 0 Å². The number of hydrogen-bond acceptors (Lipinski definition) is 3. The molecule has 0 aromatic carbocycles. The SMILES string of the molecule is CCOC(CC)C(N)C1=CCCO1. The average molecular weight is 185 g/mol. The molecule has 2 atom stereocenters. The van der Waals surface area contributed by atoms with Crippen LogP contribution < -0.4 is 5.73 Å². The van der Waals surface area contributed by atoms with E-state index in [1.54, 1.807) is 0 Å². The van der Waals surface area contributed by atoms with Crippen molar-refractivity contribution in [3.05, 3.63) is 11.8 Å². The summed E-state index contributed by atoms with van der Waals surface area (Å²) in [5.74, 6) is 0.903. The Morgan fingerprint density at radius 3 is 2.85 bits per heavy atom. The first-order chi connectivity index (χ1) is 6.29. The van der Waals surface area contributed by atoms with Crippen molar-refractivity contribution in [3.8, 4) is 0 Å². The van der Waals surface area contributed by atoms with Crippen LogP contribution in [0.2, 0.25) is 0 Å². The van der Waals surface area contributed by atoms with Gasteiger partial charge in [-0.15, -0.1) is 0 Å². The van der Waals surface area contributed by atoms with Crippen molar-refractivity contribution in [2.75, 3.05) is 13.2 Å². The minimum Gasteiger partial charge on any atom is -0.496 e. The Bertz CT molecular complexity index is 180. The zero-order chi connectivity index (χ0) is 9.68. The van der Waals surface area contributed by atoms with Gasteiger partial charge < -0.3 is 15.2 Å². The van der Waals surface area contributed by atoms with E-state index >= 15 is 0 Å². The third-order valence-corrected chi connectivity index (χ3v) is 2.24. The summed E-state index contributed by atoms with van der Waals surface area (Å²) in [6.45, 7) is 5.54. The van der Waals surface area contributed by atoms with Crippen molar-refractivity contribution in [2.24, 2.45) is 5.73 Å². The van der Waals surface area contributed by atoms with Gasteiger partial charge in [0.1, 0.15) is 5.76 Å². The van der Waals surface area contributed by atoms with Gasteiger partial charge >= 0.3 is 0 Å². The van der Waals surface area contributed by atoms with Crippen LogP contribution in [0, 0.1) is 0 Å². The Labute approximate surface area is 79.9 Å². The molecular formula is C10H19NO2. The van der Waals surface area contributed by atoms with Crippen molar-refractivity contribution in [1.29, 1.82) is 0 Å². The van der Waals surface area contributed by atoms with Gasteiger partial charge in [0.25, 0.3) is 0 Å². The summed E-state index contributed by atoms with van der Waals surface area (Å²) in [6.07, 6.45) is 4.06.